The van der Waals surface area contributed by atoms with E-state index in [9.17, 15) is 14.4 Å². The first-order chi connectivity index (χ1) is 13.9. The molecule has 0 saturated heterocycles. The molecule has 1 heterocycles. The minimum absolute atomic E-state index is 0.183. The predicted molar refractivity (Wildman–Crippen MR) is 108 cm³/mol. The Kier molecular flexibility index (Phi) is 6.03. The van der Waals surface area contributed by atoms with Gasteiger partial charge in [-0.25, -0.2) is 9.78 Å². The van der Waals surface area contributed by atoms with Gasteiger partial charge >= 0.3 is 5.97 Å². The largest absolute Gasteiger partial charge is 0.448 e. The molecule has 3 aromatic rings. The molecular formula is C21H20N4O4. The Hall–Kier alpha value is -3.94. The standard InChI is InChI=1S/C21H20N4O4/c1-14(20(27)24-17-10-8-16(9-11-17)23-15(2)26)29-21(28)19-12-22-13-25(19)18-6-4-3-5-7-18/h3-14H,1-2H3,(H,23,26)(H,24,27)/t14-/m1/s1. The summed E-state index contributed by atoms with van der Waals surface area (Å²) in [6.07, 6.45) is 1.88. The number of carbonyl (C=O) groups excluding carboxylic acids is 3. The van der Waals surface area contributed by atoms with Crippen LogP contribution in [-0.2, 0) is 14.3 Å². The number of nitrogens with zero attached hydrogens (tertiary/aromatic N) is 2. The van der Waals surface area contributed by atoms with Crippen LogP contribution in [0.5, 0.6) is 0 Å². The van der Waals surface area contributed by atoms with E-state index in [1.807, 2.05) is 30.3 Å². The second-order valence-corrected chi connectivity index (χ2v) is 6.28. The van der Waals surface area contributed by atoms with Gasteiger partial charge in [-0.1, -0.05) is 18.2 Å². The molecule has 2 amide bonds. The summed E-state index contributed by atoms with van der Waals surface area (Å²) < 4.78 is 6.89. The van der Waals surface area contributed by atoms with Crippen molar-refractivity contribution in [3.8, 4) is 5.69 Å². The number of amides is 2. The number of nitrogens with one attached hydrogen (secondary N) is 2. The zero-order chi connectivity index (χ0) is 20.8. The third-order valence-corrected chi connectivity index (χ3v) is 4.01. The first kappa shape index (κ1) is 19.8. The minimum Gasteiger partial charge on any atom is -0.448 e. The number of benzene rings is 2. The normalized spacial score (nSPS) is 11.4. The Labute approximate surface area is 167 Å². The molecule has 29 heavy (non-hydrogen) atoms. The SMILES string of the molecule is CC(=O)Nc1ccc(NC(=O)[C@@H](C)OC(=O)c2cncn2-c2ccccc2)cc1. The number of imidazole rings is 1. The number of hydrogen-bond donors (Lipinski definition) is 2. The molecule has 0 fully saturated rings. The van der Waals surface area contributed by atoms with Crippen LogP contribution in [0.3, 0.4) is 0 Å². The lowest BCUT2D eigenvalue weighted by Crippen LogP contribution is -2.30. The molecule has 1 aromatic heterocycles. The summed E-state index contributed by atoms with van der Waals surface area (Å²) in [6.45, 7) is 2.90. The smallest absolute Gasteiger partial charge is 0.357 e. The van der Waals surface area contributed by atoms with Crippen LogP contribution in [0.25, 0.3) is 5.69 Å². The molecule has 0 bridgehead atoms. The van der Waals surface area contributed by atoms with Crippen molar-refractivity contribution in [3.05, 3.63) is 72.8 Å². The van der Waals surface area contributed by atoms with Crippen molar-refractivity contribution in [3.63, 3.8) is 0 Å². The third-order valence-electron chi connectivity index (χ3n) is 4.01. The van der Waals surface area contributed by atoms with Crippen LogP contribution in [0.1, 0.15) is 24.3 Å². The third kappa shape index (κ3) is 5.07. The fourth-order valence-corrected chi connectivity index (χ4v) is 2.60. The maximum Gasteiger partial charge on any atom is 0.357 e. The highest BCUT2D eigenvalue weighted by atomic mass is 16.5. The lowest BCUT2D eigenvalue weighted by molar-refractivity contribution is -0.123. The van der Waals surface area contributed by atoms with Gasteiger partial charge in [0.05, 0.1) is 12.5 Å². The molecule has 8 nitrogen and oxygen atoms in total. The molecule has 0 spiro atoms. The van der Waals surface area contributed by atoms with Crippen LogP contribution in [0, 0.1) is 0 Å². The quantitative estimate of drug-likeness (QED) is 0.628. The Morgan fingerprint density at radius 3 is 2.21 bits per heavy atom. The first-order valence-electron chi connectivity index (χ1n) is 8.91. The average molecular weight is 392 g/mol. The van der Waals surface area contributed by atoms with Gasteiger partial charge in [0.1, 0.15) is 0 Å². The average Bonchev–Trinajstić information content (AvgIpc) is 3.20. The van der Waals surface area contributed by atoms with E-state index in [-0.39, 0.29) is 11.6 Å². The van der Waals surface area contributed by atoms with E-state index in [1.165, 1.54) is 26.4 Å². The van der Waals surface area contributed by atoms with Gasteiger partial charge in [-0.3, -0.25) is 14.2 Å². The highest BCUT2D eigenvalue weighted by Gasteiger charge is 2.22. The number of hydrogen-bond acceptors (Lipinski definition) is 5. The summed E-state index contributed by atoms with van der Waals surface area (Å²) in [6, 6.07) is 15.8. The Morgan fingerprint density at radius 2 is 1.59 bits per heavy atom. The minimum atomic E-state index is -1.02. The number of carbonyl (C=O) groups is 3. The molecule has 148 valence electrons. The number of rotatable bonds is 6. The summed E-state index contributed by atoms with van der Waals surface area (Å²) in [4.78, 5) is 39.9. The monoisotopic (exact) mass is 392 g/mol. The highest BCUT2D eigenvalue weighted by molar-refractivity contribution is 5.97. The van der Waals surface area contributed by atoms with Crippen molar-refractivity contribution < 1.29 is 19.1 Å². The molecule has 3 rings (SSSR count). The van der Waals surface area contributed by atoms with Crippen molar-refractivity contribution in [2.24, 2.45) is 0 Å². The van der Waals surface area contributed by atoms with E-state index in [0.29, 0.717) is 11.4 Å². The van der Waals surface area contributed by atoms with Crippen LogP contribution >= 0.6 is 0 Å². The van der Waals surface area contributed by atoms with Gasteiger partial charge in [-0.15, -0.1) is 0 Å². The van der Waals surface area contributed by atoms with E-state index < -0.39 is 18.0 Å². The molecule has 0 saturated carbocycles. The van der Waals surface area contributed by atoms with Gasteiger partial charge in [0.2, 0.25) is 5.91 Å². The van der Waals surface area contributed by atoms with E-state index in [1.54, 1.807) is 28.8 Å². The van der Waals surface area contributed by atoms with E-state index >= 15 is 0 Å². The summed E-state index contributed by atoms with van der Waals surface area (Å²) in [5.41, 5.74) is 2.11. The van der Waals surface area contributed by atoms with E-state index in [4.69, 9.17) is 4.74 Å². The van der Waals surface area contributed by atoms with Crippen LogP contribution in [0.15, 0.2) is 67.1 Å². The number of esters is 1. The Bertz CT molecular complexity index is 1010. The number of aromatic nitrogens is 2. The van der Waals surface area contributed by atoms with Crippen LogP contribution < -0.4 is 10.6 Å². The molecule has 0 aliphatic heterocycles. The Balaban J connectivity index is 1.62. The lowest BCUT2D eigenvalue weighted by atomic mass is 10.2. The van der Waals surface area contributed by atoms with Crippen molar-refractivity contribution in [1.29, 1.82) is 0 Å². The Morgan fingerprint density at radius 1 is 0.966 bits per heavy atom. The number of para-hydroxylation sites is 1. The molecule has 0 radical (unpaired) electrons. The van der Waals surface area contributed by atoms with Gasteiger partial charge in [0.25, 0.3) is 5.91 Å². The molecule has 2 aromatic carbocycles. The summed E-state index contributed by atoms with van der Waals surface area (Å²) in [7, 11) is 0. The summed E-state index contributed by atoms with van der Waals surface area (Å²) in [5.74, 6) is -1.32. The number of ether oxygens (including phenoxy) is 1. The molecule has 0 aliphatic rings. The van der Waals surface area contributed by atoms with Crippen LogP contribution in [0.2, 0.25) is 0 Å². The lowest BCUT2D eigenvalue weighted by Gasteiger charge is -2.14. The van der Waals surface area contributed by atoms with Gasteiger partial charge in [0.15, 0.2) is 11.8 Å². The van der Waals surface area contributed by atoms with Gasteiger partial charge < -0.3 is 15.4 Å². The zero-order valence-corrected chi connectivity index (χ0v) is 16.0. The fourth-order valence-electron chi connectivity index (χ4n) is 2.60. The highest BCUT2D eigenvalue weighted by Crippen LogP contribution is 2.15. The predicted octanol–water partition coefficient (Wildman–Crippen LogP) is 3.01. The summed E-state index contributed by atoms with van der Waals surface area (Å²) in [5, 5.41) is 5.31. The van der Waals surface area contributed by atoms with E-state index in [0.717, 1.165) is 5.69 Å². The van der Waals surface area contributed by atoms with Gasteiger partial charge in [-0.2, -0.15) is 0 Å². The van der Waals surface area contributed by atoms with Gasteiger partial charge in [-0.05, 0) is 43.3 Å². The maximum atomic E-state index is 12.5. The molecule has 8 heteroatoms. The van der Waals surface area contributed by atoms with E-state index in [2.05, 4.69) is 15.6 Å². The second-order valence-electron chi connectivity index (χ2n) is 6.28. The van der Waals surface area contributed by atoms with Crippen molar-refractivity contribution >= 4 is 29.2 Å². The fraction of sp³-hybridized carbons (Fsp3) is 0.143. The molecule has 1 atom stereocenters. The maximum absolute atomic E-state index is 12.5. The van der Waals surface area contributed by atoms with Crippen LogP contribution in [0.4, 0.5) is 11.4 Å². The first-order valence-corrected chi connectivity index (χ1v) is 8.91. The van der Waals surface area contributed by atoms with Gasteiger partial charge in [0, 0.05) is 24.0 Å². The van der Waals surface area contributed by atoms with Crippen molar-refractivity contribution in [2.75, 3.05) is 10.6 Å². The van der Waals surface area contributed by atoms with Crippen molar-refractivity contribution in [2.45, 2.75) is 20.0 Å². The summed E-state index contributed by atoms with van der Waals surface area (Å²) >= 11 is 0. The molecular weight excluding hydrogens is 372 g/mol. The topological polar surface area (TPSA) is 102 Å². The zero-order valence-electron chi connectivity index (χ0n) is 16.0. The van der Waals surface area contributed by atoms with Crippen LogP contribution in [-0.4, -0.2) is 33.4 Å². The molecule has 0 unspecified atom stereocenters. The van der Waals surface area contributed by atoms with Crippen molar-refractivity contribution in [1.82, 2.24) is 9.55 Å². The molecule has 2 N–H and O–H groups in total. The second kappa shape index (κ2) is 8.83. The molecule has 0 aliphatic carbocycles. The number of anilines is 2.